The van der Waals surface area contributed by atoms with Gasteiger partial charge in [-0.25, -0.2) is 0 Å². The molecule has 0 bridgehead atoms. The molecule has 1 aromatic rings. The van der Waals surface area contributed by atoms with E-state index in [1.54, 1.807) is 0 Å². The van der Waals surface area contributed by atoms with E-state index >= 15 is 0 Å². The van der Waals surface area contributed by atoms with Crippen LogP contribution in [-0.4, -0.2) is 27.8 Å². The molecule has 0 saturated carbocycles. The zero-order valence-electron chi connectivity index (χ0n) is 8.00. The summed E-state index contributed by atoms with van der Waals surface area (Å²) in [5.41, 5.74) is 3.02. The first-order valence-electron chi connectivity index (χ1n) is 4.67. The minimum absolute atomic E-state index is 0.0880. The second-order valence-corrected chi connectivity index (χ2v) is 3.56. The smallest absolute Gasteiger partial charge is 0.305 e. The molecule has 1 atom stereocenters. The number of carbonyl (C=O) groups is 1. The van der Waals surface area contributed by atoms with Gasteiger partial charge in [0, 0.05) is 30.3 Å². The Morgan fingerprint density at radius 2 is 2.50 bits per heavy atom. The summed E-state index contributed by atoms with van der Waals surface area (Å²) in [4.78, 5) is 10.6. The molecule has 0 aromatic carbocycles. The number of aryl methyl sites for hydroxylation is 1. The SMILES string of the molecule is Cc1[nH]nc2c1C(CC(=O)O)NCC2. The average Bonchev–Trinajstić information content (AvgIpc) is 2.48. The summed E-state index contributed by atoms with van der Waals surface area (Å²) >= 11 is 0. The lowest BCUT2D eigenvalue weighted by atomic mass is 9.96. The van der Waals surface area contributed by atoms with E-state index in [0.29, 0.717) is 0 Å². The minimum Gasteiger partial charge on any atom is -0.481 e. The van der Waals surface area contributed by atoms with Gasteiger partial charge in [0.05, 0.1) is 12.1 Å². The van der Waals surface area contributed by atoms with Gasteiger partial charge < -0.3 is 10.4 Å². The van der Waals surface area contributed by atoms with Crippen LogP contribution in [0.15, 0.2) is 0 Å². The van der Waals surface area contributed by atoms with Crippen molar-refractivity contribution in [3.8, 4) is 0 Å². The van der Waals surface area contributed by atoms with Crippen LogP contribution < -0.4 is 5.32 Å². The molecule has 0 fully saturated rings. The lowest BCUT2D eigenvalue weighted by Crippen LogP contribution is -2.31. The van der Waals surface area contributed by atoms with Gasteiger partial charge in [-0.2, -0.15) is 5.10 Å². The summed E-state index contributed by atoms with van der Waals surface area (Å²) in [6.07, 6.45) is 0.989. The third-order valence-corrected chi connectivity index (χ3v) is 2.55. The first-order valence-corrected chi connectivity index (χ1v) is 4.67. The van der Waals surface area contributed by atoms with Crippen molar-refractivity contribution in [2.45, 2.75) is 25.8 Å². The van der Waals surface area contributed by atoms with E-state index in [9.17, 15) is 4.79 Å². The maximum atomic E-state index is 10.6. The van der Waals surface area contributed by atoms with Crippen molar-refractivity contribution in [2.24, 2.45) is 0 Å². The number of rotatable bonds is 2. The summed E-state index contributed by atoms with van der Waals surface area (Å²) in [6.45, 7) is 2.73. The molecule has 0 spiro atoms. The quantitative estimate of drug-likeness (QED) is 0.637. The van der Waals surface area contributed by atoms with Gasteiger partial charge in [-0.3, -0.25) is 9.89 Å². The van der Waals surface area contributed by atoms with Crippen LogP contribution >= 0.6 is 0 Å². The maximum Gasteiger partial charge on any atom is 0.305 e. The predicted octanol–water partition coefficient (Wildman–Crippen LogP) is 0.380. The van der Waals surface area contributed by atoms with E-state index in [4.69, 9.17) is 5.11 Å². The molecule has 14 heavy (non-hydrogen) atoms. The van der Waals surface area contributed by atoms with Crippen LogP contribution in [0.5, 0.6) is 0 Å². The van der Waals surface area contributed by atoms with Gasteiger partial charge in [0.25, 0.3) is 0 Å². The monoisotopic (exact) mass is 195 g/mol. The van der Waals surface area contributed by atoms with E-state index in [-0.39, 0.29) is 12.5 Å². The normalized spacial score (nSPS) is 20.5. The average molecular weight is 195 g/mol. The van der Waals surface area contributed by atoms with Gasteiger partial charge in [0.2, 0.25) is 0 Å². The molecule has 1 unspecified atom stereocenters. The van der Waals surface area contributed by atoms with E-state index in [1.165, 1.54) is 0 Å². The Hall–Kier alpha value is -1.36. The highest BCUT2D eigenvalue weighted by Gasteiger charge is 2.25. The van der Waals surface area contributed by atoms with Crippen LogP contribution in [0.3, 0.4) is 0 Å². The number of nitrogens with zero attached hydrogens (tertiary/aromatic N) is 1. The Balaban J connectivity index is 2.29. The third kappa shape index (κ3) is 1.50. The van der Waals surface area contributed by atoms with Crippen molar-refractivity contribution in [3.63, 3.8) is 0 Å². The minimum atomic E-state index is -0.782. The highest BCUT2D eigenvalue weighted by Crippen LogP contribution is 2.26. The summed E-state index contributed by atoms with van der Waals surface area (Å²) in [5.74, 6) is -0.782. The summed E-state index contributed by atoms with van der Waals surface area (Å²) in [5, 5.41) is 19.0. The van der Waals surface area contributed by atoms with Gasteiger partial charge in [-0.05, 0) is 6.92 Å². The Labute approximate surface area is 81.5 Å². The fourth-order valence-corrected chi connectivity index (χ4v) is 1.96. The second kappa shape index (κ2) is 3.42. The molecule has 0 radical (unpaired) electrons. The molecule has 2 rings (SSSR count). The summed E-state index contributed by atoms with van der Waals surface area (Å²) < 4.78 is 0. The zero-order chi connectivity index (χ0) is 10.1. The Bertz CT molecular complexity index is 359. The van der Waals surface area contributed by atoms with Crippen LogP contribution in [-0.2, 0) is 11.2 Å². The van der Waals surface area contributed by atoms with Crippen LogP contribution in [0.2, 0.25) is 0 Å². The highest BCUT2D eigenvalue weighted by atomic mass is 16.4. The van der Waals surface area contributed by atoms with Crippen LogP contribution in [0, 0.1) is 6.92 Å². The fourth-order valence-electron chi connectivity index (χ4n) is 1.96. The number of aromatic nitrogens is 2. The number of aliphatic carboxylic acids is 1. The predicted molar refractivity (Wildman–Crippen MR) is 50.0 cm³/mol. The maximum absolute atomic E-state index is 10.6. The Kier molecular flexibility index (Phi) is 2.25. The number of hydrogen-bond donors (Lipinski definition) is 3. The number of carboxylic acid groups (broad SMARTS) is 1. The lowest BCUT2D eigenvalue weighted by molar-refractivity contribution is -0.137. The first-order chi connectivity index (χ1) is 6.68. The number of carboxylic acids is 1. The number of aromatic amines is 1. The van der Waals surface area contributed by atoms with Crippen molar-refractivity contribution in [2.75, 3.05) is 6.54 Å². The van der Waals surface area contributed by atoms with Crippen LogP contribution in [0.1, 0.15) is 29.4 Å². The molecule has 76 valence electrons. The first kappa shape index (κ1) is 9.21. The van der Waals surface area contributed by atoms with E-state index < -0.39 is 5.97 Å². The standard InChI is InChI=1S/C9H13N3O2/c1-5-9-6(12-11-5)2-3-10-7(9)4-8(13)14/h7,10H,2-4H2,1H3,(H,11,12)(H,13,14). The summed E-state index contributed by atoms with van der Waals surface area (Å²) in [7, 11) is 0. The zero-order valence-corrected chi connectivity index (χ0v) is 8.00. The molecule has 0 saturated heterocycles. The molecule has 3 N–H and O–H groups in total. The van der Waals surface area contributed by atoms with Gasteiger partial charge in [-0.1, -0.05) is 0 Å². The van der Waals surface area contributed by atoms with Gasteiger partial charge >= 0.3 is 5.97 Å². The highest BCUT2D eigenvalue weighted by molar-refractivity contribution is 5.68. The molecule has 5 heteroatoms. The van der Waals surface area contributed by atoms with Gasteiger partial charge in [0.15, 0.2) is 0 Å². The third-order valence-electron chi connectivity index (χ3n) is 2.55. The molecule has 2 heterocycles. The largest absolute Gasteiger partial charge is 0.481 e. The number of H-pyrrole nitrogens is 1. The van der Waals surface area contributed by atoms with Gasteiger partial charge in [0.1, 0.15) is 0 Å². The molecule has 1 aromatic heterocycles. The Morgan fingerprint density at radius 1 is 1.71 bits per heavy atom. The number of fused-ring (bicyclic) bond motifs is 1. The van der Waals surface area contributed by atoms with E-state index in [2.05, 4.69) is 15.5 Å². The van der Waals surface area contributed by atoms with Crippen molar-refractivity contribution in [1.82, 2.24) is 15.5 Å². The lowest BCUT2D eigenvalue weighted by Gasteiger charge is -2.22. The van der Waals surface area contributed by atoms with Crippen LogP contribution in [0.4, 0.5) is 0 Å². The van der Waals surface area contributed by atoms with Gasteiger partial charge in [-0.15, -0.1) is 0 Å². The van der Waals surface area contributed by atoms with Crippen molar-refractivity contribution in [3.05, 3.63) is 17.0 Å². The van der Waals surface area contributed by atoms with E-state index in [1.807, 2.05) is 6.92 Å². The molecule has 1 aliphatic rings. The number of hydrogen-bond acceptors (Lipinski definition) is 3. The molecule has 1 aliphatic heterocycles. The van der Waals surface area contributed by atoms with Crippen LogP contribution in [0.25, 0.3) is 0 Å². The van der Waals surface area contributed by atoms with Crippen molar-refractivity contribution >= 4 is 5.97 Å². The molecular formula is C9H13N3O2. The Morgan fingerprint density at radius 3 is 3.21 bits per heavy atom. The van der Waals surface area contributed by atoms with E-state index in [0.717, 1.165) is 29.9 Å². The molecule has 5 nitrogen and oxygen atoms in total. The molecular weight excluding hydrogens is 182 g/mol. The second-order valence-electron chi connectivity index (χ2n) is 3.56. The molecule has 0 aliphatic carbocycles. The summed E-state index contributed by atoms with van der Waals surface area (Å²) in [6, 6.07) is -0.0880. The topological polar surface area (TPSA) is 78.0 Å². The van der Waals surface area contributed by atoms with Crippen molar-refractivity contribution in [1.29, 1.82) is 0 Å². The fraction of sp³-hybridized carbons (Fsp3) is 0.556. The molecule has 0 amide bonds. The van der Waals surface area contributed by atoms with Crippen molar-refractivity contribution < 1.29 is 9.90 Å². The number of nitrogens with one attached hydrogen (secondary N) is 2.